The molecule has 1 aromatic carbocycles. The minimum atomic E-state index is -0.120. The van der Waals surface area contributed by atoms with Gasteiger partial charge in [0.2, 0.25) is 0 Å². The van der Waals surface area contributed by atoms with Crippen LogP contribution >= 0.6 is 0 Å². The van der Waals surface area contributed by atoms with Gasteiger partial charge in [0.05, 0.1) is 0 Å². The van der Waals surface area contributed by atoms with Gasteiger partial charge in [-0.1, -0.05) is 12.1 Å². The van der Waals surface area contributed by atoms with Crippen LogP contribution in [0.1, 0.15) is 37.2 Å². The summed E-state index contributed by atoms with van der Waals surface area (Å²) in [5.74, 6) is 2.96. The average Bonchev–Trinajstić information content (AvgIpc) is 2.42. The molecule has 1 nitrogen and oxygen atoms in total. The molecule has 0 unspecified atom stereocenters. The lowest BCUT2D eigenvalue weighted by atomic mass is 9.57. The Morgan fingerprint density at radius 3 is 2.28 bits per heavy atom. The van der Waals surface area contributed by atoms with Crippen molar-refractivity contribution in [3.63, 3.8) is 0 Å². The van der Waals surface area contributed by atoms with Crippen LogP contribution in [0.15, 0.2) is 24.3 Å². The molecule has 3 aliphatic carbocycles. The van der Waals surface area contributed by atoms with Crippen molar-refractivity contribution in [2.24, 2.45) is 17.8 Å². The van der Waals surface area contributed by atoms with E-state index in [1.165, 1.54) is 31.2 Å². The molecule has 2 bridgehead atoms. The molecule has 0 aromatic heterocycles. The van der Waals surface area contributed by atoms with E-state index in [9.17, 15) is 4.39 Å². The molecule has 2 atom stereocenters. The van der Waals surface area contributed by atoms with Gasteiger partial charge in [-0.3, -0.25) is 0 Å². The van der Waals surface area contributed by atoms with E-state index in [-0.39, 0.29) is 5.82 Å². The Morgan fingerprint density at radius 2 is 1.67 bits per heavy atom. The molecular weight excluding hydrogens is 225 g/mol. The van der Waals surface area contributed by atoms with Crippen LogP contribution in [0, 0.1) is 23.6 Å². The van der Waals surface area contributed by atoms with E-state index < -0.39 is 0 Å². The zero-order chi connectivity index (χ0) is 12.5. The molecule has 0 radical (unpaired) electrons. The molecular formula is C16H22FN. The van der Waals surface area contributed by atoms with Gasteiger partial charge >= 0.3 is 0 Å². The number of fused-ring (bicyclic) bond motifs is 3. The van der Waals surface area contributed by atoms with Gasteiger partial charge in [0.25, 0.3) is 0 Å². The van der Waals surface area contributed by atoms with E-state index in [2.05, 4.69) is 5.32 Å². The molecule has 0 aliphatic heterocycles. The second kappa shape index (κ2) is 5.00. The Morgan fingerprint density at radius 1 is 1.06 bits per heavy atom. The van der Waals surface area contributed by atoms with Crippen molar-refractivity contribution < 1.29 is 4.39 Å². The Bertz CT molecular complexity index is 392. The molecule has 0 spiro atoms. The summed E-state index contributed by atoms with van der Waals surface area (Å²) in [7, 11) is 2.05. The summed E-state index contributed by atoms with van der Waals surface area (Å²) in [4.78, 5) is 0. The van der Waals surface area contributed by atoms with E-state index in [0.717, 1.165) is 24.3 Å². The Labute approximate surface area is 109 Å². The van der Waals surface area contributed by atoms with Crippen LogP contribution in [-0.2, 0) is 0 Å². The van der Waals surface area contributed by atoms with E-state index in [0.29, 0.717) is 5.92 Å². The average molecular weight is 247 g/mol. The predicted octanol–water partition coefficient (Wildman–Crippen LogP) is 3.56. The van der Waals surface area contributed by atoms with E-state index in [1.807, 2.05) is 19.2 Å². The van der Waals surface area contributed by atoms with Gasteiger partial charge < -0.3 is 5.32 Å². The number of hydrogen-bond acceptors (Lipinski definition) is 1. The molecule has 2 heteroatoms. The van der Waals surface area contributed by atoms with Gasteiger partial charge in [-0.25, -0.2) is 4.39 Å². The van der Waals surface area contributed by atoms with Gasteiger partial charge in [0.1, 0.15) is 5.82 Å². The summed E-state index contributed by atoms with van der Waals surface area (Å²) in [5.41, 5.74) is 1.35. The Balaban J connectivity index is 1.89. The van der Waals surface area contributed by atoms with Crippen LogP contribution in [0.3, 0.4) is 0 Å². The molecule has 18 heavy (non-hydrogen) atoms. The van der Waals surface area contributed by atoms with E-state index in [4.69, 9.17) is 0 Å². The number of rotatable bonds is 3. The molecule has 0 amide bonds. The maximum Gasteiger partial charge on any atom is 0.123 e. The fraction of sp³-hybridized carbons (Fsp3) is 0.625. The lowest BCUT2D eigenvalue weighted by Gasteiger charge is -2.49. The van der Waals surface area contributed by atoms with Crippen molar-refractivity contribution in [1.82, 2.24) is 5.32 Å². The number of halogens is 1. The van der Waals surface area contributed by atoms with Gasteiger partial charge in [-0.05, 0) is 80.6 Å². The standard InChI is InChI=1S/C16H22FN/c1-18-10-15-11-2-4-12(5-3-11)16(15)13-6-8-14(17)9-7-13/h6-9,11-12,15-16,18H,2-5,10H2,1H3/t11?,12?,15-,16-/m1/s1. The summed E-state index contributed by atoms with van der Waals surface area (Å²) in [6, 6.07) is 7.24. The minimum Gasteiger partial charge on any atom is -0.319 e. The SMILES string of the molecule is CNC[C@@H]1C2CCC(CC2)[C@@H]1c1ccc(F)cc1. The molecule has 0 saturated heterocycles. The number of hydrogen-bond donors (Lipinski definition) is 1. The first-order valence-corrected chi connectivity index (χ1v) is 7.19. The lowest BCUT2D eigenvalue weighted by Crippen LogP contribution is -2.42. The molecule has 0 heterocycles. The highest BCUT2D eigenvalue weighted by Crippen LogP contribution is 2.53. The smallest absolute Gasteiger partial charge is 0.123 e. The summed E-state index contributed by atoms with van der Waals surface area (Å²) in [5, 5.41) is 3.36. The normalized spacial score (nSPS) is 34.8. The summed E-state index contributed by atoms with van der Waals surface area (Å²) in [6.45, 7) is 1.10. The van der Waals surface area contributed by atoms with Crippen molar-refractivity contribution in [3.05, 3.63) is 35.6 Å². The summed E-state index contributed by atoms with van der Waals surface area (Å²) < 4.78 is 13.1. The van der Waals surface area contributed by atoms with Gasteiger partial charge in [0, 0.05) is 0 Å². The summed E-state index contributed by atoms with van der Waals surface area (Å²) >= 11 is 0. The second-order valence-corrected chi connectivity index (χ2v) is 5.97. The van der Waals surface area contributed by atoms with Gasteiger partial charge in [-0.2, -0.15) is 0 Å². The van der Waals surface area contributed by atoms with Crippen molar-refractivity contribution in [1.29, 1.82) is 0 Å². The molecule has 3 aliphatic rings. The van der Waals surface area contributed by atoms with Crippen molar-refractivity contribution in [2.75, 3.05) is 13.6 Å². The molecule has 1 N–H and O–H groups in total. The first-order valence-electron chi connectivity index (χ1n) is 7.19. The molecule has 3 fully saturated rings. The third kappa shape index (κ3) is 2.07. The second-order valence-electron chi connectivity index (χ2n) is 5.97. The zero-order valence-electron chi connectivity index (χ0n) is 11.0. The maximum atomic E-state index is 13.1. The monoisotopic (exact) mass is 247 g/mol. The van der Waals surface area contributed by atoms with Gasteiger partial charge in [0.15, 0.2) is 0 Å². The maximum absolute atomic E-state index is 13.1. The van der Waals surface area contributed by atoms with Crippen LogP contribution in [0.5, 0.6) is 0 Å². The molecule has 4 rings (SSSR count). The first-order chi connectivity index (χ1) is 8.79. The highest BCUT2D eigenvalue weighted by Gasteiger charge is 2.43. The Hall–Kier alpha value is -0.890. The van der Waals surface area contributed by atoms with Crippen LogP contribution < -0.4 is 5.32 Å². The number of benzene rings is 1. The first kappa shape index (κ1) is 12.2. The third-order valence-corrected chi connectivity index (χ3v) is 5.09. The largest absolute Gasteiger partial charge is 0.319 e. The third-order valence-electron chi connectivity index (χ3n) is 5.09. The quantitative estimate of drug-likeness (QED) is 0.861. The van der Waals surface area contributed by atoms with Crippen LogP contribution in [0.2, 0.25) is 0 Å². The highest BCUT2D eigenvalue weighted by atomic mass is 19.1. The van der Waals surface area contributed by atoms with Crippen LogP contribution in [-0.4, -0.2) is 13.6 Å². The van der Waals surface area contributed by atoms with Crippen LogP contribution in [0.4, 0.5) is 4.39 Å². The Kier molecular flexibility index (Phi) is 3.38. The minimum absolute atomic E-state index is 0.120. The fourth-order valence-corrected chi connectivity index (χ4v) is 4.31. The van der Waals surface area contributed by atoms with Crippen molar-refractivity contribution in [3.8, 4) is 0 Å². The lowest BCUT2D eigenvalue weighted by molar-refractivity contribution is 0.0687. The van der Waals surface area contributed by atoms with E-state index in [1.54, 1.807) is 12.1 Å². The predicted molar refractivity (Wildman–Crippen MR) is 72.0 cm³/mol. The topological polar surface area (TPSA) is 12.0 Å². The van der Waals surface area contributed by atoms with E-state index >= 15 is 0 Å². The highest BCUT2D eigenvalue weighted by molar-refractivity contribution is 5.24. The van der Waals surface area contributed by atoms with Crippen LogP contribution in [0.25, 0.3) is 0 Å². The van der Waals surface area contributed by atoms with Gasteiger partial charge in [-0.15, -0.1) is 0 Å². The number of nitrogens with one attached hydrogen (secondary N) is 1. The fourth-order valence-electron chi connectivity index (χ4n) is 4.31. The van der Waals surface area contributed by atoms with Crippen molar-refractivity contribution in [2.45, 2.75) is 31.6 Å². The molecule has 1 aromatic rings. The molecule has 3 saturated carbocycles. The molecule has 98 valence electrons. The zero-order valence-corrected chi connectivity index (χ0v) is 11.0. The summed E-state index contributed by atoms with van der Waals surface area (Å²) in [6.07, 6.45) is 5.53. The van der Waals surface area contributed by atoms with Crippen molar-refractivity contribution >= 4 is 0 Å².